The molecule has 27 heavy (non-hydrogen) atoms. The Bertz CT molecular complexity index is 1280. The Hall–Kier alpha value is -1.42. The summed E-state index contributed by atoms with van der Waals surface area (Å²) in [5, 5.41) is 8.19. The van der Waals surface area contributed by atoms with Crippen LogP contribution in [-0.2, 0) is 6.42 Å². The fourth-order valence-electron chi connectivity index (χ4n) is 4.01. The second kappa shape index (κ2) is 7.20. The van der Waals surface area contributed by atoms with Crippen molar-refractivity contribution >= 4 is 80.3 Å². The fraction of sp³-hybridized carbons (Fsp3) is 0.250. The molecule has 0 bridgehead atoms. The Morgan fingerprint density at radius 1 is 0.704 bits per heavy atom. The Balaban J connectivity index is 1.64. The van der Waals surface area contributed by atoms with Gasteiger partial charge in [0.15, 0.2) is 0 Å². The molecule has 0 saturated carbocycles. The summed E-state index contributed by atoms with van der Waals surface area (Å²) in [5.74, 6) is 0. The van der Waals surface area contributed by atoms with Crippen LogP contribution in [-0.4, -0.2) is 0 Å². The van der Waals surface area contributed by atoms with E-state index in [0.29, 0.717) is 0 Å². The SMILES string of the molecule is CCCCCCc1cc2ccc3cc4c(ccc5cc(Br)sc54)cc3c2s1. The van der Waals surface area contributed by atoms with Gasteiger partial charge in [0, 0.05) is 25.0 Å². The van der Waals surface area contributed by atoms with Crippen LogP contribution in [0.15, 0.2) is 52.3 Å². The number of unbranched alkanes of at least 4 members (excludes halogenated alkanes) is 3. The maximum absolute atomic E-state index is 3.65. The summed E-state index contributed by atoms with van der Waals surface area (Å²) in [6, 6.07) is 18.5. The second-order valence-electron chi connectivity index (χ2n) is 7.34. The number of aryl methyl sites for hydroxylation is 1. The number of hydrogen-bond donors (Lipinski definition) is 0. The first-order valence-corrected chi connectivity index (χ1v) is 12.1. The summed E-state index contributed by atoms with van der Waals surface area (Å²) in [4.78, 5) is 1.53. The van der Waals surface area contributed by atoms with Crippen LogP contribution in [0.2, 0.25) is 0 Å². The molecule has 5 aromatic rings. The molecule has 2 heterocycles. The van der Waals surface area contributed by atoms with Crippen LogP contribution >= 0.6 is 38.6 Å². The molecule has 136 valence electrons. The van der Waals surface area contributed by atoms with Crippen LogP contribution < -0.4 is 0 Å². The normalized spacial score (nSPS) is 12.1. The maximum atomic E-state index is 3.65. The van der Waals surface area contributed by atoms with Gasteiger partial charge in [-0.1, -0.05) is 50.5 Å². The van der Waals surface area contributed by atoms with E-state index in [2.05, 4.69) is 71.4 Å². The topological polar surface area (TPSA) is 0 Å². The molecular weight excluding hydrogens is 432 g/mol. The van der Waals surface area contributed by atoms with E-state index in [4.69, 9.17) is 0 Å². The number of halogens is 1. The predicted octanol–water partition coefficient (Wildman–Crippen LogP) is 9.31. The lowest BCUT2D eigenvalue weighted by molar-refractivity contribution is 0.670. The van der Waals surface area contributed by atoms with E-state index in [-0.39, 0.29) is 0 Å². The summed E-state index contributed by atoms with van der Waals surface area (Å²) < 4.78 is 4.03. The van der Waals surface area contributed by atoms with E-state index < -0.39 is 0 Å². The van der Waals surface area contributed by atoms with Gasteiger partial charge in [0.1, 0.15) is 0 Å². The fourth-order valence-corrected chi connectivity index (χ4v) is 6.88. The Kier molecular flexibility index (Phi) is 4.71. The number of benzene rings is 3. The third-order valence-corrected chi connectivity index (χ3v) is 8.35. The van der Waals surface area contributed by atoms with E-state index in [1.54, 1.807) is 0 Å². The van der Waals surface area contributed by atoms with Gasteiger partial charge in [0.2, 0.25) is 0 Å². The molecule has 0 aliphatic rings. The molecule has 0 spiro atoms. The van der Waals surface area contributed by atoms with Crippen molar-refractivity contribution in [3.8, 4) is 0 Å². The smallest absolute Gasteiger partial charge is 0.0711 e. The van der Waals surface area contributed by atoms with Crippen molar-refractivity contribution in [2.75, 3.05) is 0 Å². The lowest BCUT2D eigenvalue weighted by Crippen LogP contribution is -1.80. The van der Waals surface area contributed by atoms with Crippen LogP contribution in [0.25, 0.3) is 41.7 Å². The highest BCUT2D eigenvalue weighted by Crippen LogP contribution is 2.39. The van der Waals surface area contributed by atoms with Crippen LogP contribution in [0.1, 0.15) is 37.5 Å². The molecule has 0 aliphatic carbocycles. The van der Waals surface area contributed by atoms with E-state index >= 15 is 0 Å². The highest BCUT2D eigenvalue weighted by atomic mass is 79.9. The Morgan fingerprint density at radius 3 is 2.04 bits per heavy atom. The molecule has 5 rings (SSSR count). The summed E-state index contributed by atoms with van der Waals surface area (Å²) in [5.41, 5.74) is 0. The standard InChI is InChI=1S/C24H21BrS2/c1-2-3-4-5-6-19-11-17-9-7-15-13-21-16(12-20(15)23(17)26-19)8-10-18-14-22(25)27-24(18)21/h7-14H,2-6H2,1H3. The zero-order valence-electron chi connectivity index (χ0n) is 15.3. The minimum Gasteiger partial charge on any atom is -0.140 e. The molecule has 0 unspecified atom stereocenters. The summed E-state index contributed by atoms with van der Waals surface area (Å²) in [7, 11) is 0. The van der Waals surface area contributed by atoms with Gasteiger partial charge in [-0.3, -0.25) is 0 Å². The molecule has 0 fully saturated rings. The van der Waals surface area contributed by atoms with E-state index in [9.17, 15) is 0 Å². The average molecular weight is 453 g/mol. The lowest BCUT2D eigenvalue weighted by atomic mass is 10.0. The van der Waals surface area contributed by atoms with Gasteiger partial charge >= 0.3 is 0 Å². The Morgan fingerprint density at radius 2 is 1.33 bits per heavy atom. The van der Waals surface area contributed by atoms with Crippen LogP contribution in [0, 0.1) is 0 Å². The average Bonchev–Trinajstić information content (AvgIpc) is 3.26. The highest BCUT2D eigenvalue weighted by molar-refractivity contribution is 9.11. The van der Waals surface area contributed by atoms with Crippen molar-refractivity contribution in [2.24, 2.45) is 0 Å². The van der Waals surface area contributed by atoms with Crippen molar-refractivity contribution in [3.63, 3.8) is 0 Å². The second-order valence-corrected chi connectivity index (χ2v) is 10.9. The van der Waals surface area contributed by atoms with Gasteiger partial charge in [-0.05, 0) is 74.6 Å². The molecule has 3 aromatic carbocycles. The van der Waals surface area contributed by atoms with Crippen molar-refractivity contribution in [2.45, 2.75) is 39.0 Å². The lowest BCUT2D eigenvalue weighted by Gasteiger charge is -2.05. The first-order valence-electron chi connectivity index (χ1n) is 9.70. The molecule has 0 aliphatic heterocycles. The molecule has 0 radical (unpaired) electrons. The molecule has 0 saturated heterocycles. The first-order chi connectivity index (χ1) is 13.2. The van der Waals surface area contributed by atoms with Gasteiger partial charge < -0.3 is 0 Å². The molecule has 0 nitrogen and oxygen atoms in total. The third kappa shape index (κ3) is 3.20. The molecular formula is C24H21BrS2. The van der Waals surface area contributed by atoms with Crippen molar-refractivity contribution in [1.82, 2.24) is 0 Å². The minimum absolute atomic E-state index is 1.20. The molecule has 0 N–H and O–H groups in total. The minimum atomic E-state index is 1.20. The summed E-state index contributed by atoms with van der Waals surface area (Å²) in [6.45, 7) is 2.28. The van der Waals surface area contributed by atoms with Gasteiger partial charge in [-0.2, -0.15) is 0 Å². The number of rotatable bonds is 5. The number of fused-ring (bicyclic) bond motifs is 6. The quantitative estimate of drug-likeness (QED) is 0.184. The number of hydrogen-bond acceptors (Lipinski definition) is 2. The van der Waals surface area contributed by atoms with E-state index in [0.717, 1.165) is 0 Å². The van der Waals surface area contributed by atoms with Crippen LogP contribution in [0.4, 0.5) is 0 Å². The monoisotopic (exact) mass is 452 g/mol. The summed E-state index contributed by atoms with van der Waals surface area (Å²) >= 11 is 7.47. The van der Waals surface area contributed by atoms with Crippen LogP contribution in [0.3, 0.4) is 0 Å². The van der Waals surface area contributed by atoms with E-state index in [1.165, 1.54) is 82.5 Å². The molecule has 0 amide bonds. The molecule has 3 heteroatoms. The van der Waals surface area contributed by atoms with Crippen molar-refractivity contribution in [3.05, 3.63) is 57.2 Å². The summed E-state index contributed by atoms with van der Waals surface area (Å²) in [6.07, 6.45) is 6.54. The van der Waals surface area contributed by atoms with Gasteiger partial charge in [0.05, 0.1) is 3.79 Å². The highest BCUT2D eigenvalue weighted by Gasteiger charge is 2.10. The van der Waals surface area contributed by atoms with Gasteiger partial charge in [0.25, 0.3) is 0 Å². The van der Waals surface area contributed by atoms with E-state index in [1.807, 2.05) is 22.7 Å². The molecule has 0 atom stereocenters. The zero-order chi connectivity index (χ0) is 18.4. The Labute approximate surface area is 175 Å². The largest absolute Gasteiger partial charge is 0.140 e. The third-order valence-electron chi connectivity index (χ3n) is 5.42. The maximum Gasteiger partial charge on any atom is 0.0711 e. The number of thiophene rings is 2. The zero-order valence-corrected chi connectivity index (χ0v) is 18.6. The van der Waals surface area contributed by atoms with Gasteiger partial charge in [-0.15, -0.1) is 22.7 Å². The van der Waals surface area contributed by atoms with Crippen molar-refractivity contribution in [1.29, 1.82) is 0 Å². The van der Waals surface area contributed by atoms with Crippen LogP contribution in [0.5, 0.6) is 0 Å². The predicted molar refractivity (Wildman–Crippen MR) is 128 cm³/mol. The molecule has 2 aromatic heterocycles. The van der Waals surface area contributed by atoms with Gasteiger partial charge in [-0.25, -0.2) is 0 Å². The first kappa shape index (κ1) is 17.7. The van der Waals surface area contributed by atoms with Crippen molar-refractivity contribution < 1.29 is 0 Å².